The normalized spacial score (nSPS) is 17.5. The number of carbonyl (C=O) groups excluding carboxylic acids is 1. The molecule has 114 valence electrons. The van der Waals surface area contributed by atoms with Crippen molar-refractivity contribution in [3.05, 3.63) is 42.5 Å². The zero-order valence-electron chi connectivity index (χ0n) is 13.1. The molecule has 1 heterocycles. The number of rotatable bonds is 4. The van der Waals surface area contributed by atoms with Crippen molar-refractivity contribution in [2.45, 2.75) is 32.3 Å². The minimum atomic E-state index is -0.481. The largest absolute Gasteiger partial charge is 0.443 e. The van der Waals surface area contributed by atoms with Gasteiger partial charge in [0.25, 0.3) is 0 Å². The Morgan fingerprint density at radius 3 is 2.86 bits per heavy atom. The summed E-state index contributed by atoms with van der Waals surface area (Å²) in [6, 6.07) is 8.03. The number of para-hydroxylation sites is 1. The van der Waals surface area contributed by atoms with Crippen molar-refractivity contribution in [3.8, 4) is 0 Å². The van der Waals surface area contributed by atoms with Crippen LogP contribution in [0.3, 0.4) is 0 Å². The van der Waals surface area contributed by atoms with E-state index in [2.05, 4.69) is 18.0 Å². The molecular formula is C17H24N2O2. The van der Waals surface area contributed by atoms with Gasteiger partial charge in [-0.05, 0) is 32.4 Å². The maximum atomic E-state index is 12.4. The lowest BCUT2D eigenvalue weighted by molar-refractivity contribution is 0.0582. The standard InChI is InChI=1S/C17H24N2O2/c1-5-10-18-11-13-12-19(16(20)21-17(2,3)4)15-9-7-6-8-14(13)15/h5-9,13,18H,1,10-12H2,2-4H3/t13-/m0/s1. The van der Waals surface area contributed by atoms with Gasteiger partial charge in [0.15, 0.2) is 0 Å². The van der Waals surface area contributed by atoms with Gasteiger partial charge in [-0.2, -0.15) is 0 Å². The fraction of sp³-hybridized carbons (Fsp3) is 0.471. The number of nitrogens with one attached hydrogen (secondary N) is 1. The van der Waals surface area contributed by atoms with Gasteiger partial charge in [0.2, 0.25) is 0 Å². The molecule has 0 saturated carbocycles. The summed E-state index contributed by atoms with van der Waals surface area (Å²) in [6.07, 6.45) is 1.56. The third kappa shape index (κ3) is 3.85. The molecule has 0 aromatic heterocycles. The van der Waals surface area contributed by atoms with Crippen LogP contribution in [0, 0.1) is 0 Å². The van der Waals surface area contributed by atoms with Crippen molar-refractivity contribution in [2.24, 2.45) is 0 Å². The second-order valence-electron chi connectivity index (χ2n) is 6.29. The smallest absolute Gasteiger partial charge is 0.414 e. The summed E-state index contributed by atoms with van der Waals surface area (Å²) in [4.78, 5) is 14.1. The molecule has 1 aliphatic rings. The van der Waals surface area contributed by atoms with Gasteiger partial charge >= 0.3 is 6.09 Å². The second kappa shape index (κ2) is 6.31. The number of nitrogens with zero attached hydrogens (tertiary/aromatic N) is 1. The van der Waals surface area contributed by atoms with Gasteiger partial charge in [0.1, 0.15) is 5.60 Å². The summed E-state index contributed by atoms with van der Waals surface area (Å²) in [7, 11) is 0. The van der Waals surface area contributed by atoms with E-state index in [0.717, 1.165) is 18.8 Å². The lowest BCUT2D eigenvalue weighted by atomic mass is 10.0. The SMILES string of the molecule is C=CCNC[C@H]1CN(C(=O)OC(C)(C)C)c2ccccc21. The highest BCUT2D eigenvalue weighted by molar-refractivity contribution is 5.91. The molecule has 0 radical (unpaired) electrons. The maximum Gasteiger partial charge on any atom is 0.414 e. The van der Waals surface area contributed by atoms with Crippen molar-refractivity contribution in [2.75, 3.05) is 24.5 Å². The number of ether oxygens (including phenoxy) is 1. The predicted molar refractivity (Wildman–Crippen MR) is 85.8 cm³/mol. The Hall–Kier alpha value is -1.81. The molecule has 1 amide bonds. The number of hydrogen-bond acceptors (Lipinski definition) is 3. The number of fused-ring (bicyclic) bond motifs is 1. The van der Waals surface area contributed by atoms with Crippen LogP contribution in [0.2, 0.25) is 0 Å². The predicted octanol–water partition coefficient (Wildman–Crippen LogP) is 3.30. The summed E-state index contributed by atoms with van der Waals surface area (Å²) in [5, 5.41) is 3.33. The Morgan fingerprint density at radius 1 is 1.48 bits per heavy atom. The highest BCUT2D eigenvalue weighted by atomic mass is 16.6. The highest BCUT2D eigenvalue weighted by Crippen LogP contribution is 2.36. The molecule has 0 aliphatic carbocycles. The van der Waals surface area contributed by atoms with E-state index >= 15 is 0 Å². The first-order chi connectivity index (χ1) is 9.92. The minimum Gasteiger partial charge on any atom is -0.443 e. The molecule has 4 nitrogen and oxygen atoms in total. The number of anilines is 1. The van der Waals surface area contributed by atoms with Crippen LogP contribution in [0.5, 0.6) is 0 Å². The minimum absolute atomic E-state index is 0.277. The molecule has 0 spiro atoms. The van der Waals surface area contributed by atoms with Gasteiger partial charge in [-0.15, -0.1) is 6.58 Å². The molecule has 0 fully saturated rings. The van der Waals surface area contributed by atoms with Crippen LogP contribution in [-0.4, -0.2) is 31.3 Å². The van der Waals surface area contributed by atoms with Crippen LogP contribution < -0.4 is 10.2 Å². The molecule has 4 heteroatoms. The molecule has 1 atom stereocenters. The van der Waals surface area contributed by atoms with E-state index in [1.54, 1.807) is 4.90 Å². The monoisotopic (exact) mass is 288 g/mol. The number of carbonyl (C=O) groups is 1. The average Bonchev–Trinajstić information content (AvgIpc) is 2.77. The van der Waals surface area contributed by atoms with Crippen molar-refractivity contribution in [3.63, 3.8) is 0 Å². The zero-order valence-corrected chi connectivity index (χ0v) is 13.1. The van der Waals surface area contributed by atoms with E-state index in [1.165, 1.54) is 5.56 Å². The first-order valence-corrected chi connectivity index (χ1v) is 7.33. The van der Waals surface area contributed by atoms with E-state index in [1.807, 2.05) is 45.0 Å². The highest BCUT2D eigenvalue weighted by Gasteiger charge is 2.34. The number of hydrogen-bond donors (Lipinski definition) is 1. The van der Waals surface area contributed by atoms with Gasteiger partial charge in [-0.3, -0.25) is 4.90 Å². The quantitative estimate of drug-likeness (QED) is 0.683. The van der Waals surface area contributed by atoms with Gasteiger partial charge < -0.3 is 10.1 Å². The lowest BCUT2D eigenvalue weighted by Crippen LogP contribution is -2.37. The summed E-state index contributed by atoms with van der Waals surface area (Å²) >= 11 is 0. The van der Waals surface area contributed by atoms with E-state index < -0.39 is 5.60 Å². The maximum absolute atomic E-state index is 12.4. The van der Waals surface area contributed by atoms with Crippen molar-refractivity contribution in [1.29, 1.82) is 0 Å². The van der Waals surface area contributed by atoms with Crippen molar-refractivity contribution < 1.29 is 9.53 Å². The Bertz CT molecular complexity index is 520. The molecule has 0 bridgehead atoms. The molecule has 1 aromatic carbocycles. The summed E-state index contributed by atoms with van der Waals surface area (Å²) < 4.78 is 5.50. The van der Waals surface area contributed by atoms with Gasteiger partial charge in [0.05, 0.1) is 5.69 Å². The molecule has 2 rings (SSSR count). The van der Waals surface area contributed by atoms with Crippen LogP contribution in [0.25, 0.3) is 0 Å². The fourth-order valence-electron chi connectivity index (χ4n) is 2.52. The van der Waals surface area contributed by atoms with Crippen molar-refractivity contribution >= 4 is 11.8 Å². The van der Waals surface area contributed by atoms with E-state index in [4.69, 9.17) is 4.74 Å². The van der Waals surface area contributed by atoms with Crippen LogP contribution in [0.4, 0.5) is 10.5 Å². The first kappa shape index (κ1) is 15.6. The summed E-state index contributed by atoms with van der Waals surface area (Å²) in [5.41, 5.74) is 1.67. The molecule has 1 aromatic rings. The molecule has 0 unspecified atom stereocenters. The lowest BCUT2D eigenvalue weighted by Gasteiger charge is -2.25. The van der Waals surface area contributed by atoms with Crippen LogP contribution in [-0.2, 0) is 4.74 Å². The number of amides is 1. The van der Waals surface area contributed by atoms with Gasteiger partial charge in [-0.1, -0.05) is 24.3 Å². The topological polar surface area (TPSA) is 41.6 Å². The third-order valence-electron chi connectivity index (χ3n) is 3.36. The molecule has 1 aliphatic heterocycles. The second-order valence-corrected chi connectivity index (χ2v) is 6.29. The Kier molecular flexibility index (Phi) is 4.68. The third-order valence-corrected chi connectivity index (χ3v) is 3.36. The molecule has 21 heavy (non-hydrogen) atoms. The van der Waals surface area contributed by atoms with Gasteiger partial charge in [0, 0.05) is 25.6 Å². The van der Waals surface area contributed by atoms with E-state index in [9.17, 15) is 4.79 Å². The van der Waals surface area contributed by atoms with Crippen LogP contribution in [0.15, 0.2) is 36.9 Å². The average molecular weight is 288 g/mol. The molecular weight excluding hydrogens is 264 g/mol. The van der Waals surface area contributed by atoms with Crippen LogP contribution >= 0.6 is 0 Å². The summed E-state index contributed by atoms with van der Waals surface area (Å²) in [6.45, 7) is 11.6. The zero-order chi connectivity index (χ0) is 15.5. The first-order valence-electron chi connectivity index (χ1n) is 7.33. The number of benzene rings is 1. The Balaban J connectivity index is 2.14. The molecule has 0 saturated heterocycles. The van der Waals surface area contributed by atoms with Gasteiger partial charge in [-0.25, -0.2) is 4.79 Å². The molecule has 1 N–H and O–H groups in total. The van der Waals surface area contributed by atoms with E-state index in [-0.39, 0.29) is 12.0 Å². The van der Waals surface area contributed by atoms with Crippen LogP contribution in [0.1, 0.15) is 32.3 Å². The summed E-state index contributed by atoms with van der Waals surface area (Å²) in [5.74, 6) is 0.286. The van der Waals surface area contributed by atoms with E-state index in [0.29, 0.717) is 6.54 Å². The van der Waals surface area contributed by atoms with Crippen molar-refractivity contribution in [1.82, 2.24) is 5.32 Å². The Labute approximate surface area is 126 Å². The Morgan fingerprint density at radius 2 is 2.19 bits per heavy atom. The fourth-order valence-corrected chi connectivity index (χ4v) is 2.52.